The molecule has 0 aromatic carbocycles. The molecule has 0 bridgehead atoms. The Bertz CT molecular complexity index is 294. The fraction of sp³-hybridized carbons (Fsp3) is 0.625. The van der Waals surface area contributed by atoms with Gasteiger partial charge in [-0.05, 0) is 6.92 Å². The molecule has 0 radical (unpaired) electrons. The van der Waals surface area contributed by atoms with E-state index in [1.165, 1.54) is 0 Å². The lowest BCUT2D eigenvalue weighted by Crippen LogP contribution is -2.25. The maximum atomic E-state index is 11.2. The number of carbonyl (C=O) groups is 1. The minimum Gasteiger partial charge on any atom is -0.338 e. The maximum Gasteiger partial charge on any atom is 0.222 e. The molecule has 5 nitrogen and oxygen atoms in total. The van der Waals surface area contributed by atoms with Crippen molar-refractivity contribution in [1.82, 2.24) is 20.1 Å². The Labute approximate surface area is 77.2 Å². The summed E-state index contributed by atoms with van der Waals surface area (Å²) in [5, 5.41) is 6.67. The van der Waals surface area contributed by atoms with Gasteiger partial charge in [0, 0.05) is 13.5 Å². The van der Waals surface area contributed by atoms with Gasteiger partial charge in [0.1, 0.15) is 5.82 Å². The van der Waals surface area contributed by atoms with Crippen LogP contribution in [-0.4, -0.2) is 33.0 Å². The molecule has 1 rings (SSSR count). The minimum atomic E-state index is 0.0995. The molecular formula is C8H14N4O. The quantitative estimate of drug-likeness (QED) is 0.739. The number of aryl methyl sites for hydroxylation is 1. The van der Waals surface area contributed by atoms with E-state index < -0.39 is 0 Å². The third kappa shape index (κ3) is 2.54. The number of nitrogens with zero attached hydrogens (tertiary/aromatic N) is 3. The number of H-pyrrole nitrogens is 1. The lowest BCUT2D eigenvalue weighted by atomic mass is 10.4. The topological polar surface area (TPSA) is 61.9 Å². The monoisotopic (exact) mass is 182 g/mol. The van der Waals surface area contributed by atoms with Crippen LogP contribution in [-0.2, 0) is 11.3 Å². The van der Waals surface area contributed by atoms with Gasteiger partial charge in [0.15, 0.2) is 5.82 Å². The first-order valence-electron chi connectivity index (χ1n) is 4.25. The van der Waals surface area contributed by atoms with Crippen LogP contribution < -0.4 is 0 Å². The van der Waals surface area contributed by atoms with Crippen molar-refractivity contribution in [2.24, 2.45) is 0 Å². The van der Waals surface area contributed by atoms with Crippen LogP contribution in [0.2, 0.25) is 0 Å². The lowest BCUT2D eigenvalue weighted by molar-refractivity contribution is -0.130. The van der Waals surface area contributed by atoms with E-state index in [-0.39, 0.29) is 5.91 Å². The lowest BCUT2D eigenvalue weighted by Gasteiger charge is -2.13. The first kappa shape index (κ1) is 9.70. The molecule has 0 saturated heterocycles. The van der Waals surface area contributed by atoms with Crippen LogP contribution in [0.1, 0.15) is 25.0 Å². The Hall–Kier alpha value is -1.39. The fourth-order valence-corrected chi connectivity index (χ4v) is 1.03. The van der Waals surface area contributed by atoms with Gasteiger partial charge < -0.3 is 4.90 Å². The normalized spacial score (nSPS) is 10.1. The van der Waals surface area contributed by atoms with Crippen LogP contribution >= 0.6 is 0 Å². The summed E-state index contributed by atoms with van der Waals surface area (Å²) < 4.78 is 0. The van der Waals surface area contributed by atoms with Crippen molar-refractivity contribution in [1.29, 1.82) is 0 Å². The van der Waals surface area contributed by atoms with E-state index in [9.17, 15) is 4.79 Å². The zero-order valence-electron chi connectivity index (χ0n) is 8.16. The fourth-order valence-electron chi connectivity index (χ4n) is 1.03. The summed E-state index contributed by atoms with van der Waals surface area (Å²) in [7, 11) is 1.75. The highest BCUT2D eigenvalue weighted by Gasteiger charge is 2.08. The SMILES string of the molecule is CCC(=O)N(C)Cc1n[nH]c(C)n1. The second-order valence-corrected chi connectivity index (χ2v) is 2.94. The van der Waals surface area contributed by atoms with Crippen molar-refractivity contribution in [2.45, 2.75) is 26.8 Å². The number of hydrogen-bond acceptors (Lipinski definition) is 3. The van der Waals surface area contributed by atoms with Crippen LogP contribution in [0.4, 0.5) is 0 Å². The van der Waals surface area contributed by atoms with Crippen molar-refractivity contribution < 1.29 is 4.79 Å². The number of hydrogen-bond donors (Lipinski definition) is 1. The summed E-state index contributed by atoms with van der Waals surface area (Å²) in [6, 6.07) is 0. The van der Waals surface area contributed by atoms with E-state index in [0.29, 0.717) is 18.8 Å². The highest BCUT2D eigenvalue weighted by atomic mass is 16.2. The molecule has 0 atom stereocenters. The average molecular weight is 182 g/mol. The van der Waals surface area contributed by atoms with Crippen LogP contribution in [0.15, 0.2) is 0 Å². The van der Waals surface area contributed by atoms with Crippen molar-refractivity contribution in [2.75, 3.05) is 7.05 Å². The van der Waals surface area contributed by atoms with Crippen molar-refractivity contribution >= 4 is 5.91 Å². The Morgan fingerprint density at radius 1 is 1.62 bits per heavy atom. The Balaban J connectivity index is 2.54. The second-order valence-electron chi connectivity index (χ2n) is 2.94. The standard InChI is InChI=1S/C8H14N4O/c1-4-8(13)12(3)5-7-9-6(2)10-11-7/h4-5H2,1-3H3,(H,9,10,11). The van der Waals surface area contributed by atoms with Crippen molar-refractivity contribution in [3.05, 3.63) is 11.6 Å². The Morgan fingerprint density at radius 2 is 2.31 bits per heavy atom. The molecular weight excluding hydrogens is 168 g/mol. The van der Waals surface area contributed by atoms with Gasteiger partial charge in [-0.2, -0.15) is 5.10 Å². The number of nitrogens with one attached hydrogen (secondary N) is 1. The van der Waals surface area contributed by atoms with Crippen molar-refractivity contribution in [3.8, 4) is 0 Å². The summed E-state index contributed by atoms with van der Waals surface area (Å²) in [5.74, 6) is 1.52. The number of carbonyl (C=O) groups excluding carboxylic acids is 1. The van der Waals surface area contributed by atoms with E-state index in [0.717, 1.165) is 5.82 Å². The summed E-state index contributed by atoms with van der Waals surface area (Å²) in [6.07, 6.45) is 0.514. The predicted molar refractivity (Wildman–Crippen MR) is 47.9 cm³/mol. The van der Waals surface area contributed by atoms with E-state index in [4.69, 9.17) is 0 Å². The zero-order chi connectivity index (χ0) is 9.84. The zero-order valence-corrected chi connectivity index (χ0v) is 8.16. The van der Waals surface area contributed by atoms with Gasteiger partial charge in [0.05, 0.1) is 6.54 Å². The summed E-state index contributed by atoms with van der Waals surface area (Å²) in [5.41, 5.74) is 0. The van der Waals surface area contributed by atoms with E-state index in [1.807, 2.05) is 13.8 Å². The van der Waals surface area contributed by atoms with Crippen LogP contribution in [0, 0.1) is 6.92 Å². The molecule has 1 aromatic heterocycles. The number of aromatic amines is 1. The van der Waals surface area contributed by atoms with E-state index >= 15 is 0 Å². The molecule has 0 saturated carbocycles. The summed E-state index contributed by atoms with van der Waals surface area (Å²) >= 11 is 0. The molecule has 0 fully saturated rings. The van der Waals surface area contributed by atoms with Gasteiger partial charge in [-0.15, -0.1) is 0 Å². The second kappa shape index (κ2) is 4.02. The number of aromatic nitrogens is 3. The van der Waals surface area contributed by atoms with E-state index in [2.05, 4.69) is 15.2 Å². The van der Waals surface area contributed by atoms with E-state index in [1.54, 1.807) is 11.9 Å². The molecule has 72 valence electrons. The molecule has 0 aliphatic carbocycles. The number of rotatable bonds is 3. The van der Waals surface area contributed by atoms with Gasteiger partial charge in [-0.3, -0.25) is 9.89 Å². The highest BCUT2D eigenvalue weighted by molar-refractivity contribution is 5.75. The van der Waals surface area contributed by atoms with Gasteiger partial charge in [-0.25, -0.2) is 4.98 Å². The molecule has 1 amide bonds. The first-order valence-corrected chi connectivity index (χ1v) is 4.25. The van der Waals surface area contributed by atoms with Crippen molar-refractivity contribution in [3.63, 3.8) is 0 Å². The van der Waals surface area contributed by atoms with Gasteiger partial charge in [0.25, 0.3) is 0 Å². The third-order valence-electron chi connectivity index (χ3n) is 1.75. The molecule has 1 heterocycles. The molecule has 0 spiro atoms. The maximum absolute atomic E-state index is 11.2. The highest BCUT2D eigenvalue weighted by Crippen LogP contribution is 1.98. The summed E-state index contributed by atoms with van der Waals surface area (Å²) in [6.45, 7) is 4.14. The third-order valence-corrected chi connectivity index (χ3v) is 1.75. The molecule has 0 aliphatic rings. The van der Waals surface area contributed by atoms with Gasteiger partial charge in [0.2, 0.25) is 5.91 Å². The van der Waals surface area contributed by atoms with Gasteiger partial charge in [-0.1, -0.05) is 6.92 Å². The average Bonchev–Trinajstić information content (AvgIpc) is 2.49. The Morgan fingerprint density at radius 3 is 2.77 bits per heavy atom. The minimum absolute atomic E-state index is 0.0995. The van der Waals surface area contributed by atoms with Crippen LogP contribution in [0.25, 0.3) is 0 Å². The number of amides is 1. The summed E-state index contributed by atoms with van der Waals surface area (Å²) in [4.78, 5) is 16.9. The Kier molecular flexibility index (Phi) is 3.00. The smallest absolute Gasteiger partial charge is 0.222 e. The van der Waals surface area contributed by atoms with Gasteiger partial charge >= 0.3 is 0 Å². The predicted octanol–water partition coefficient (Wildman–Crippen LogP) is 0.482. The molecule has 13 heavy (non-hydrogen) atoms. The first-order chi connectivity index (χ1) is 6.13. The van der Waals surface area contributed by atoms with Crippen LogP contribution in [0.5, 0.6) is 0 Å². The molecule has 1 N–H and O–H groups in total. The molecule has 0 unspecified atom stereocenters. The van der Waals surface area contributed by atoms with Crippen LogP contribution in [0.3, 0.4) is 0 Å². The largest absolute Gasteiger partial charge is 0.338 e. The molecule has 0 aliphatic heterocycles. The molecule has 5 heteroatoms. The molecule has 1 aromatic rings.